The van der Waals surface area contributed by atoms with E-state index < -0.39 is 0 Å². The van der Waals surface area contributed by atoms with Gasteiger partial charge in [-0.05, 0) is 61.4 Å². The summed E-state index contributed by atoms with van der Waals surface area (Å²) in [5.41, 5.74) is 3.27. The summed E-state index contributed by atoms with van der Waals surface area (Å²) in [4.78, 5) is 20.8. The van der Waals surface area contributed by atoms with Crippen molar-refractivity contribution in [3.63, 3.8) is 0 Å². The van der Waals surface area contributed by atoms with Crippen molar-refractivity contribution < 1.29 is 14.3 Å². The number of pyridine rings is 1. The molecule has 3 aromatic rings. The lowest BCUT2D eigenvalue weighted by molar-refractivity contribution is -0.132. The topological polar surface area (TPSA) is 54.9 Å². The molecule has 0 radical (unpaired) electrons. The fourth-order valence-corrected chi connectivity index (χ4v) is 4.26. The predicted octanol–water partition coefficient (Wildman–Crippen LogP) is 4.85. The average molecular weight is 460 g/mol. The lowest BCUT2D eigenvalue weighted by Crippen LogP contribution is -2.49. The number of nitrogens with zero attached hydrogens (tertiary/aromatic N) is 3. The summed E-state index contributed by atoms with van der Waals surface area (Å²) in [6, 6.07) is 22.4. The number of ether oxygens (including phenoxy) is 2. The molecule has 1 aliphatic heterocycles. The molecule has 1 aliphatic rings. The maximum atomic E-state index is 12.1. The zero-order valence-corrected chi connectivity index (χ0v) is 20.2. The van der Waals surface area contributed by atoms with Gasteiger partial charge in [-0.3, -0.25) is 14.7 Å². The smallest absolute Gasteiger partial charge is 0.219 e. The second kappa shape index (κ2) is 11.2. The highest BCUT2D eigenvalue weighted by molar-refractivity contribution is 5.73. The molecule has 34 heavy (non-hydrogen) atoms. The molecule has 6 nitrogen and oxygen atoms in total. The number of aromatic nitrogens is 1. The van der Waals surface area contributed by atoms with Gasteiger partial charge in [-0.1, -0.05) is 30.3 Å². The van der Waals surface area contributed by atoms with Gasteiger partial charge in [-0.25, -0.2) is 0 Å². The third-order valence-corrected chi connectivity index (χ3v) is 5.97. The number of amides is 1. The van der Waals surface area contributed by atoms with Crippen LogP contribution in [-0.2, 0) is 17.9 Å². The lowest BCUT2D eigenvalue weighted by atomic mass is 10.0. The van der Waals surface area contributed by atoms with E-state index in [0.717, 1.165) is 36.8 Å². The Morgan fingerprint density at radius 2 is 1.85 bits per heavy atom. The Labute approximate surface area is 202 Å². The lowest BCUT2D eigenvalue weighted by Gasteiger charge is -2.41. The van der Waals surface area contributed by atoms with Crippen LogP contribution in [0.3, 0.4) is 0 Å². The van der Waals surface area contributed by atoms with Gasteiger partial charge in [0.1, 0.15) is 18.1 Å². The van der Waals surface area contributed by atoms with Crippen LogP contribution in [0.25, 0.3) is 0 Å². The Bertz CT molecular complexity index is 1070. The second-order valence-electron chi connectivity index (χ2n) is 8.94. The number of benzene rings is 2. The molecule has 1 amide bonds. The van der Waals surface area contributed by atoms with E-state index >= 15 is 0 Å². The predicted molar refractivity (Wildman–Crippen MR) is 133 cm³/mol. The first-order valence-electron chi connectivity index (χ1n) is 11.9. The van der Waals surface area contributed by atoms with Gasteiger partial charge in [0, 0.05) is 39.3 Å². The monoisotopic (exact) mass is 459 g/mol. The summed E-state index contributed by atoms with van der Waals surface area (Å²) in [6.45, 7) is 9.13. The van der Waals surface area contributed by atoms with E-state index in [0.29, 0.717) is 13.2 Å². The van der Waals surface area contributed by atoms with Crippen LogP contribution in [0.1, 0.15) is 43.6 Å². The van der Waals surface area contributed by atoms with Crippen molar-refractivity contribution in [3.8, 4) is 11.5 Å². The summed E-state index contributed by atoms with van der Waals surface area (Å²) in [5, 5.41) is 0. The van der Waals surface area contributed by atoms with Gasteiger partial charge in [0.05, 0.1) is 17.8 Å². The quantitative estimate of drug-likeness (QED) is 0.482. The molecule has 1 aromatic heterocycles. The summed E-state index contributed by atoms with van der Waals surface area (Å²) in [6.07, 6.45) is 1.91. The van der Waals surface area contributed by atoms with Gasteiger partial charge in [-0.15, -0.1) is 0 Å². The van der Waals surface area contributed by atoms with Crippen molar-refractivity contribution in [2.24, 2.45) is 0 Å². The molecule has 0 bridgehead atoms. The summed E-state index contributed by atoms with van der Waals surface area (Å²) >= 11 is 0. The summed E-state index contributed by atoms with van der Waals surface area (Å²) in [7, 11) is 0. The third kappa shape index (κ3) is 6.35. The van der Waals surface area contributed by atoms with Crippen LogP contribution < -0.4 is 9.47 Å². The van der Waals surface area contributed by atoms with Crippen molar-refractivity contribution in [1.29, 1.82) is 0 Å². The third-order valence-electron chi connectivity index (χ3n) is 5.97. The molecule has 0 spiro atoms. The van der Waals surface area contributed by atoms with E-state index in [1.807, 2.05) is 61.2 Å². The Morgan fingerprint density at radius 3 is 2.56 bits per heavy atom. The first-order chi connectivity index (χ1) is 16.5. The minimum Gasteiger partial charge on any atom is -0.491 e. The highest BCUT2D eigenvalue weighted by atomic mass is 16.5. The molecular formula is C28H33N3O3. The molecule has 1 atom stereocenters. The van der Waals surface area contributed by atoms with E-state index in [4.69, 9.17) is 9.47 Å². The van der Waals surface area contributed by atoms with Gasteiger partial charge in [-0.2, -0.15) is 0 Å². The maximum absolute atomic E-state index is 12.1. The van der Waals surface area contributed by atoms with Crippen LogP contribution in [0.15, 0.2) is 72.9 Å². The standard InChI is InChI=1S/C28H33N3O3/c1-21(2)34-26-12-10-24(11-13-26)28-19-30(22(3)32)15-16-31(28)18-23-7-6-9-27(17-23)33-20-25-8-4-5-14-29-25/h4-14,17,21,28H,15-16,18-20H2,1-3H3. The molecule has 1 unspecified atom stereocenters. The van der Waals surface area contributed by atoms with E-state index in [1.54, 1.807) is 13.1 Å². The fraction of sp³-hybridized carbons (Fsp3) is 0.357. The van der Waals surface area contributed by atoms with Crippen molar-refractivity contribution in [2.45, 2.75) is 46.1 Å². The molecule has 0 aliphatic carbocycles. The molecule has 4 rings (SSSR count). The number of hydrogen-bond donors (Lipinski definition) is 0. The van der Waals surface area contributed by atoms with Gasteiger partial charge in [0.25, 0.3) is 0 Å². The van der Waals surface area contributed by atoms with Crippen LogP contribution in [0.4, 0.5) is 0 Å². The van der Waals surface area contributed by atoms with Gasteiger partial charge >= 0.3 is 0 Å². The Morgan fingerprint density at radius 1 is 1.03 bits per heavy atom. The molecule has 1 fully saturated rings. The second-order valence-corrected chi connectivity index (χ2v) is 8.94. The zero-order chi connectivity index (χ0) is 23.9. The first kappa shape index (κ1) is 23.8. The van der Waals surface area contributed by atoms with E-state index in [1.165, 1.54) is 11.1 Å². The minimum atomic E-state index is 0.115. The van der Waals surface area contributed by atoms with Crippen LogP contribution in [-0.4, -0.2) is 46.4 Å². The molecule has 0 N–H and O–H groups in total. The highest BCUT2D eigenvalue weighted by Crippen LogP contribution is 2.29. The molecule has 6 heteroatoms. The largest absolute Gasteiger partial charge is 0.491 e. The Kier molecular flexibility index (Phi) is 7.80. The molecular weight excluding hydrogens is 426 g/mol. The molecule has 178 valence electrons. The van der Waals surface area contributed by atoms with Gasteiger partial charge < -0.3 is 14.4 Å². The number of carbonyl (C=O) groups excluding carboxylic acids is 1. The summed E-state index contributed by atoms with van der Waals surface area (Å²) in [5.74, 6) is 1.81. The Balaban J connectivity index is 1.48. The van der Waals surface area contributed by atoms with E-state index in [9.17, 15) is 4.79 Å². The SMILES string of the molecule is CC(=O)N1CCN(Cc2cccc(OCc3ccccn3)c2)C(c2ccc(OC(C)C)cc2)C1. The summed E-state index contributed by atoms with van der Waals surface area (Å²) < 4.78 is 11.8. The first-order valence-corrected chi connectivity index (χ1v) is 11.9. The van der Waals surface area contributed by atoms with Crippen molar-refractivity contribution in [2.75, 3.05) is 19.6 Å². The average Bonchev–Trinajstić information content (AvgIpc) is 2.84. The number of rotatable bonds is 8. The number of hydrogen-bond acceptors (Lipinski definition) is 5. The van der Waals surface area contributed by atoms with Crippen LogP contribution >= 0.6 is 0 Å². The van der Waals surface area contributed by atoms with Crippen LogP contribution in [0.5, 0.6) is 11.5 Å². The molecule has 2 heterocycles. The van der Waals surface area contributed by atoms with E-state index in [-0.39, 0.29) is 18.1 Å². The van der Waals surface area contributed by atoms with Crippen molar-refractivity contribution in [3.05, 3.63) is 89.7 Å². The molecule has 1 saturated heterocycles. The van der Waals surface area contributed by atoms with E-state index in [2.05, 4.69) is 34.1 Å². The normalized spacial score (nSPS) is 16.5. The fourth-order valence-electron chi connectivity index (χ4n) is 4.26. The van der Waals surface area contributed by atoms with Gasteiger partial charge in [0.15, 0.2) is 0 Å². The molecule has 0 saturated carbocycles. The van der Waals surface area contributed by atoms with Crippen molar-refractivity contribution >= 4 is 5.91 Å². The zero-order valence-electron chi connectivity index (χ0n) is 20.2. The molecule has 2 aromatic carbocycles. The van der Waals surface area contributed by atoms with Gasteiger partial charge in [0.2, 0.25) is 5.91 Å². The minimum absolute atomic E-state index is 0.115. The highest BCUT2D eigenvalue weighted by Gasteiger charge is 2.29. The van der Waals surface area contributed by atoms with Crippen molar-refractivity contribution in [1.82, 2.24) is 14.8 Å². The van der Waals surface area contributed by atoms with Crippen LogP contribution in [0, 0.1) is 0 Å². The number of carbonyl (C=O) groups is 1. The van der Waals surface area contributed by atoms with Crippen LogP contribution in [0.2, 0.25) is 0 Å². The number of piperazine rings is 1. The Hall–Kier alpha value is -3.38. The maximum Gasteiger partial charge on any atom is 0.219 e.